The number of thiophene rings is 1. The van der Waals surface area contributed by atoms with Crippen LogP contribution >= 0.6 is 22.9 Å². The summed E-state index contributed by atoms with van der Waals surface area (Å²) in [4.78, 5) is 21.3. The molecule has 5 nitrogen and oxygen atoms in total. The van der Waals surface area contributed by atoms with Crippen molar-refractivity contribution in [2.45, 2.75) is 13.0 Å². The molecule has 1 aliphatic rings. The van der Waals surface area contributed by atoms with E-state index in [-0.39, 0.29) is 12.3 Å². The number of amides is 1. The lowest BCUT2D eigenvalue weighted by Crippen LogP contribution is -2.12. The fourth-order valence-electron chi connectivity index (χ4n) is 3.39. The number of hydrogen-bond donors (Lipinski definition) is 2. The van der Waals surface area contributed by atoms with Crippen LogP contribution in [0.25, 0.3) is 21.3 Å². The van der Waals surface area contributed by atoms with E-state index in [9.17, 15) is 4.79 Å². The van der Waals surface area contributed by atoms with Gasteiger partial charge in [0.1, 0.15) is 0 Å². The maximum Gasteiger partial charge on any atom is 0.228 e. The predicted molar refractivity (Wildman–Crippen MR) is 114 cm³/mol. The third-order valence-electron chi connectivity index (χ3n) is 4.72. The zero-order valence-corrected chi connectivity index (χ0v) is 16.3. The third-order valence-corrected chi connectivity index (χ3v) is 5.97. The first-order valence-electron chi connectivity index (χ1n) is 8.82. The van der Waals surface area contributed by atoms with Crippen LogP contribution in [0.3, 0.4) is 0 Å². The summed E-state index contributed by atoms with van der Waals surface area (Å²) in [6, 6.07) is 13.6. The van der Waals surface area contributed by atoms with E-state index in [0.29, 0.717) is 12.5 Å². The zero-order chi connectivity index (χ0) is 19.1. The van der Waals surface area contributed by atoms with E-state index in [4.69, 9.17) is 16.6 Å². The summed E-state index contributed by atoms with van der Waals surface area (Å²) in [5.41, 5.74) is 4.43. The molecule has 5 rings (SSSR count). The minimum atomic E-state index is -0.0582. The lowest BCUT2D eigenvalue weighted by molar-refractivity contribution is -0.115. The molecule has 1 aliphatic heterocycles. The van der Waals surface area contributed by atoms with Gasteiger partial charge < -0.3 is 10.6 Å². The second-order valence-electron chi connectivity index (χ2n) is 6.59. The van der Waals surface area contributed by atoms with E-state index in [1.54, 1.807) is 17.5 Å². The minimum absolute atomic E-state index is 0.0582. The molecule has 0 atom stereocenters. The first kappa shape index (κ1) is 17.2. The number of carbonyl (C=O) groups excluding carboxylic acids is 1. The van der Waals surface area contributed by atoms with Crippen molar-refractivity contribution < 1.29 is 4.79 Å². The van der Waals surface area contributed by atoms with Gasteiger partial charge in [0.25, 0.3) is 0 Å². The Morgan fingerprint density at radius 1 is 1.21 bits per heavy atom. The van der Waals surface area contributed by atoms with Gasteiger partial charge in [-0.1, -0.05) is 29.8 Å². The van der Waals surface area contributed by atoms with Gasteiger partial charge in [0, 0.05) is 33.6 Å². The van der Waals surface area contributed by atoms with Crippen molar-refractivity contribution in [3.8, 4) is 11.3 Å². The quantitative estimate of drug-likeness (QED) is 0.495. The molecule has 0 fully saturated rings. The molecule has 0 saturated carbocycles. The summed E-state index contributed by atoms with van der Waals surface area (Å²) in [6.07, 6.45) is 1.99. The Morgan fingerprint density at radius 3 is 3.04 bits per heavy atom. The Labute approximate surface area is 170 Å². The van der Waals surface area contributed by atoms with Crippen LogP contribution in [0.1, 0.15) is 11.1 Å². The van der Waals surface area contributed by atoms with E-state index in [0.717, 1.165) is 38.5 Å². The number of para-hydroxylation sites is 1. The fourth-order valence-corrected chi connectivity index (χ4v) is 4.50. The Balaban J connectivity index is 1.47. The Hall–Kier alpha value is -2.96. The number of aromatic nitrogens is 2. The van der Waals surface area contributed by atoms with Crippen molar-refractivity contribution in [1.82, 2.24) is 9.97 Å². The van der Waals surface area contributed by atoms with Crippen LogP contribution in [0, 0.1) is 0 Å². The summed E-state index contributed by atoms with van der Waals surface area (Å²) < 4.78 is 1.20. The molecule has 1 amide bonds. The first-order valence-corrected chi connectivity index (χ1v) is 10.1. The van der Waals surface area contributed by atoms with E-state index >= 15 is 0 Å². The molecule has 0 aliphatic carbocycles. The molecule has 7 heteroatoms. The number of benzene rings is 2. The van der Waals surface area contributed by atoms with Crippen LogP contribution in [-0.4, -0.2) is 15.9 Å². The number of rotatable bonds is 3. The van der Waals surface area contributed by atoms with Gasteiger partial charge in [0.2, 0.25) is 11.9 Å². The largest absolute Gasteiger partial charge is 0.350 e. The number of anilines is 2. The maximum atomic E-state index is 12.1. The second kappa shape index (κ2) is 6.89. The lowest BCUT2D eigenvalue weighted by atomic mass is 10.1. The highest BCUT2D eigenvalue weighted by molar-refractivity contribution is 7.17. The molecule has 138 valence electrons. The number of hydrogen-bond acceptors (Lipinski definition) is 5. The number of fused-ring (bicyclic) bond motifs is 4. The summed E-state index contributed by atoms with van der Waals surface area (Å²) in [6.45, 7) is 0.595. The Kier molecular flexibility index (Phi) is 4.22. The molecule has 4 aromatic rings. The van der Waals surface area contributed by atoms with Crippen LogP contribution in [0.5, 0.6) is 0 Å². The molecule has 2 N–H and O–H groups in total. The fraction of sp³-hybridized carbons (Fsp3) is 0.0952. The van der Waals surface area contributed by atoms with Crippen LogP contribution in [-0.2, 0) is 17.8 Å². The number of carbonyl (C=O) groups is 1. The monoisotopic (exact) mass is 406 g/mol. The molecule has 0 radical (unpaired) electrons. The van der Waals surface area contributed by atoms with Gasteiger partial charge in [0.05, 0.1) is 17.8 Å². The highest BCUT2D eigenvalue weighted by Crippen LogP contribution is 2.33. The number of nitrogens with zero attached hydrogens (tertiary/aromatic N) is 2. The summed E-state index contributed by atoms with van der Waals surface area (Å²) in [5, 5.41) is 10.2. The Morgan fingerprint density at radius 2 is 2.11 bits per heavy atom. The average molecular weight is 407 g/mol. The van der Waals surface area contributed by atoms with Gasteiger partial charge in [-0.3, -0.25) is 4.79 Å². The molecule has 28 heavy (non-hydrogen) atoms. The van der Waals surface area contributed by atoms with Crippen molar-refractivity contribution in [3.05, 3.63) is 70.2 Å². The predicted octanol–water partition coefficient (Wildman–Crippen LogP) is 5.12. The molecule has 0 unspecified atom stereocenters. The summed E-state index contributed by atoms with van der Waals surface area (Å²) in [7, 11) is 0. The van der Waals surface area contributed by atoms with E-state index in [1.807, 2.05) is 42.5 Å². The smallest absolute Gasteiger partial charge is 0.228 e. The zero-order valence-electron chi connectivity index (χ0n) is 14.7. The molecule has 2 aromatic carbocycles. The van der Waals surface area contributed by atoms with Gasteiger partial charge in [-0.05, 0) is 40.6 Å². The highest BCUT2D eigenvalue weighted by atomic mass is 35.5. The molecular formula is C21H15ClN4OS. The second-order valence-corrected chi connectivity index (χ2v) is 7.94. The summed E-state index contributed by atoms with van der Waals surface area (Å²) >= 11 is 7.83. The highest BCUT2D eigenvalue weighted by Gasteiger charge is 2.20. The Bertz CT molecular complexity index is 1220. The standard InChI is InChI=1S/C21H15ClN4OS/c22-14-5-6-18-16(8-14)13(11-28-18)10-24-21-23-9-12-7-19(27)25-17-4-2-1-3-15(17)20(12)26-21/h1-6,8-9,11H,7,10H2,(H,25,27)(H,23,24,26). The first-order chi connectivity index (χ1) is 13.7. The van der Waals surface area contributed by atoms with Gasteiger partial charge in [0.15, 0.2) is 0 Å². The van der Waals surface area contributed by atoms with Crippen LogP contribution in [0.4, 0.5) is 11.6 Å². The van der Waals surface area contributed by atoms with Gasteiger partial charge in [-0.15, -0.1) is 11.3 Å². The molecule has 3 heterocycles. The van der Waals surface area contributed by atoms with Crippen molar-refractivity contribution >= 4 is 50.6 Å². The number of nitrogens with one attached hydrogen (secondary N) is 2. The van der Waals surface area contributed by atoms with Crippen molar-refractivity contribution in [1.29, 1.82) is 0 Å². The summed E-state index contributed by atoms with van der Waals surface area (Å²) in [5.74, 6) is 0.474. The topological polar surface area (TPSA) is 66.9 Å². The molecule has 0 saturated heterocycles. The average Bonchev–Trinajstić information content (AvgIpc) is 3.03. The van der Waals surface area contributed by atoms with Crippen molar-refractivity contribution in [3.63, 3.8) is 0 Å². The molecular weight excluding hydrogens is 392 g/mol. The van der Waals surface area contributed by atoms with E-state index < -0.39 is 0 Å². The van der Waals surface area contributed by atoms with E-state index in [1.165, 1.54) is 4.70 Å². The third kappa shape index (κ3) is 3.10. The van der Waals surface area contributed by atoms with Gasteiger partial charge in [-0.2, -0.15) is 0 Å². The van der Waals surface area contributed by atoms with Crippen LogP contribution < -0.4 is 10.6 Å². The van der Waals surface area contributed by atoms with Crippen molar-refractivity contribution in [2.75, 3.05) is 10.6 Å². The lowest BCUT2D eigenvalue weighted by Gasteiger charge is -2.10. The normalized spacial score (nSPS) is 12.8. The van der Waals surface area contributed by atoms with Crippen LogP contribution in [0.15, 0.2) is 54.0 Å². The van der Waals surface area contributed by atoms with Crippen LogP contribution in [0.2, 0.25) is 5.02 Å². The molecule has 2 aromatic heterocycles. The molecule has 0 spiro atoms. The van der Waals surface area contributed by atoms with Gasteiger partial charge >= 0.3 is 0 Å². The maximum absolute atomic E-state index is 12.1. The SMILES string of the molecule is O=C1Cc2cnc(NCc3csc4ccc(Cl)cc34)nc2-c2ccccc2N1. The minimum Gasteiger partial charge on any atom is -0.350 e. The molecule has 0 bridgehead atoms. The number of halogens is 1. The van der Waals surface area contributed by atoms with Gasteiger partial charge in [-0.25, -0.2) is 9.97 Å². The van der Waals surface area contributed by atoms with Crippen molar-refractivity contribution in [2.24, 2.45) is 0 Å². The van der Waals surface area contributed by atoms with E-state index in [2.05, 4.69) is 21.0 Å².